The molecule has 0 aromatic carbocycles. The molecule has 0 fully saturated rings. The third-order valence-corrected chi connectivity index (χ3v) is 2.40. The fourth-order valence-corrected chi connectivity index (χ4v) is 1.80. The largest absolute Gasteiger partial charge is 0.272 e. The topological polar surface area (TPSA) is 12.4 Å². The third kappa shape index (κ3) is 3.05. The van der Waals surface area contributed by atoms with Crippen molar-refractivity contribution in [2.75, 3.05) is 0 Å². The van der Waals surface area contributed by atoms with Crippen molar-refractivity contribution in [2.45, 2.75) is 27.2 Å². The van der Waals surface area contributed by atoms with Gasteiger partial charge in [-0.05, 0) is 48.8 Å². The van der Waals surface area contributed by atoms with Crippen LogP contribution < -0.4 is 0 Å². The van der Waals surface area contributed by atoms with Gasteiger partial charge in [-0.15, -0.1) is 0 Å². The van der Waals surface area contributed by atoms with Crippen LogP contribution in [0, 0.1) is 5.92 Å². The summed E-state index contributed by atoms with van der Waals surface area (Å²) in [6.45, 7) is 10.0. The number of rotatable bonds is 4. The molecule has 1 nitrogen and oxygen atoms in total. The molecule has 0 N–H and O–H groups in total. The zero-order valence-corrected chi connectivity index (χ0v) is 9.83. The van der Waals surface area contributed by atoms with Gasteiger partial charge in [0, 0.05) is 6.20 Å². The summed E-state index contributed by atoms with van der Waals surface area (Å²) in [4.78, 5) is 3.73. The smallest absolute Gasteiger partial charge is 0.0266 e. The lowest BCUT2D eigenvalue weighted by atomic mass is 9.95. The van der Waals surface area contributed by atoms with E-state index in [-0.39, 0.29) is 0 Å². The van der Waals surface area contributed by atoms with E-state index in [1.54, 1.807) is 6.20 Å². The van der Waals surface area contributed by atoms with E-state index in [2.05, 4.69) is 50.7 Å². The van der Waals surface area contributed by atoms with Crippen LogP contribution in [0.3, 0.4) is 0 Å². The standard InChI is InChI=1S/C14H19N/c1-5-14-12(8-9-15-4)6-7-13(14)10-11(2)3/h5-9,11H,4,10H2,1-3H3/b9-8-,14-5+. The molecule has 0 saturated carbocycles. The van der Waals surface area contributed by atoms with Crippen molar-refractivity contribution >= 4 is 6.72 Å². The van der Waals surface area contributed by atoms with Gasteiger partial charge in [0.2, 0.25) is 0 Å². The summed E-state index contributed by atoms with van der Waals surface area (Å²) in [5.74, 6) is 0.695. The van der Waals surface area contributed by atoms with Gasteiger partial charge in [-0.2, -0.15) is 0 Å². The summed E-state index contributed by atoms with van der Waals surface area (Å²) in [5.41, 5.74) is 4.00. The van der Waals surface area contributed by atoms with Crippen LogP contribution >= 0.6 is 0 Å². The van der Waals surface area contributed by atoms with Gasteiger partial charge < -0.3 is 0 Å². The summed E-state index contributed by atoms with van der Waals surface area (Å²) in [5, 5.41) is 0. The van der Waals surface area contributed by atoms with E-state index in [1.807, 2.05) is 6.08 Å². The summed E-state index contributed by atoms with van der Waals surface area (Å²) in [7, 11) is 0. The molecule has 0 radical (unpaired) electrons. The molecule has 80 valence electrons. The summed E-state index contributed by atoms with van der Waals surface area (Å²) in [6.07, 6.45) is 11.4. The normalized spacial score (nSPS) is 18.8. The molecule has 0 unspecified atom stereocenters. The molecule has 0 atom stereocenters. The van der Waals surface area contributed by atoms with E-state index in [9.17, 15) is 0 Å². The van der Waals surface area contributed by atoms with E-state index in [1.165, 1.54) is 16.7 Å². The minimum Gasteiger partial charge on any atom is -0.272 e. The van der Waals surface area contributed by atoms with E-state index in [4.69, 9.17) is 0 Å². The first-order chi connectivity index (χ1) is 7.19. The van der Waals surface area contributed by atoms with Crippen LogP contribution in [0.1, 0.15) is 27.2 Å². The highest BCUT2D eigenvalue weighted by molar-refractivity contribution is 5.59. The van der Waals surface area contributed by atoms with Gasteiger partial charge in [-0.3, -0.25) is 4.99 Å². The van der Waals surface area contributed by atoms with E-state index < -0.39 is 0 Å². The number of hydrogen-bond acceptors (Lipinski definition) is 1. The number of nitrogens with zero attached hydrogens (tertiary/aromatic N) is 1. The monoisotopic (exact) mass is 201 g/mol. The SMILES string of the molecule is C=N/C=C\C1=CC=C(CC(C)C)/C1=C/C. The quantitative estimate of drug-likeness (QED) is 0.608. The number of allylic oxidation sites excluding steroid dienone is 7. The lowest BCUT2D eigenvalue weighted by Gasteiger charge is -2.10. The van der Waals surface area contributed by atoms with E-state index >= 15 is 0 Å². The lowest BCUT2D eigenvalue weighted by molar-refractivity contribution is 0.648. The van der Waals surface area contributed by atoms with Crippen LogP contribution in [0.2, 0.25) is 0 Å². The average Bonchev–Trinajstić information content (AvgIpc) is 2.56. The molecule has 0 bridgehead atoms. The molecule has 0 aromatic heterocycles. The molecule has 15 heavy (non-hydrogen) atoms. The summed E-state index contributed by atoms with van der Waals surface area (Å²) < 4.78 is 0. The first kappa shape index (κ1) is 11.7. The first-order valence-corrected chi connectivity index (χ1v) is 5.39. The molecule has 0 saturated heterocycles. The fourth-order valence-electron chi connectivity index (χ4n) is 1.80. The Balaban J connectivity index is 2.78. The van der Waals surface area contributed by atoms with Crippen LogP contribution in [0.5, 0.6) is 0 Å². The van der Waals surface area contributed by atoms with Crippen LogP contribution in [0.15, 0.2) is 52.2 Å². The Bertz CT molecular complexity index is 352. The zero-order chi connectivity index (χ0) is 11.3. The molecule has 1 heteroatoms. The van der Waals surface area contributed by atoms with Gasteiger partial charge in [-0.25, -0.2) is 0 Å². The van der Waals surface area contributed by atoms with Gasteiger partial charge in [0.25, 0.3) is 0 Å². The highest BCUT2D eigenvalue weighted by Gasteiger charge is 2.13. The molecule has 0 aromatic rings. The molecule has 1 rings (SSSR count). The van der Waals surface area contributed by atoms with Crippen molar-refractivity contribution in [1.29, 1.82) is 0 Å². The summed E-state index contributed by atoms with van der Waals surface area (Å²) >= 11 is 0. The zero-order valence-electron chi connectivity index (χ0n) is 9.83. The van der Waals surface area contributed by atoms with Crippen LogP contribution in [-0.4, -0.2) is 6.72 Å². The molecular formula is C14H19N. The molecule has 1 aliphatic rings. The van der Waals surface area contributed by atoms with Gasteiger partial charge in [0.1, 0.15) is 0 Å². The highest BCUT2D eigenvalue weighted by atomic mass is 14.6. The predicted molar refractivity (Wildman–Crippen MR) is 68.1 cm³/mol. The minimum absolute atomic E-state index is 0.695. The highest BCUT2D eigenvalue weighted by Crippen LogP contribution is 2.31. The van der Waals surface area contributed by atoms with Gasteiger partial charge in [-0.1, -0.05) is 32.1 Å². The molecule has 0 heterocycles. The van der Waals surface area contributed by atoms with Crippen molar-refractivity contribution in [3.63, 3.8) is 0 Å². The first-order valence-electron chi connectivity index (χ1n) is 5.39. The Hall–Kier alpha value is -1.37. The maximum atomic E-state index is 3.73. The van der Waals surface area contributed by atoms with Crippen LogP contribution in [-0.2, 0) is 0 Å². The fraction of sp³-hybridized carbons (Fsp3) is 0.357. The molecule has 0 amide bonds. The molecule has 0 aliphatic heterocycles. The minimum atomic E-state index is 0.695. The Morgan fingerprint density at radius 3 is 2.67 bits per heavy atom. The number of aliphatic imine (C=N–C) groups is 1. The van der Waals surface area contributed by atoms with Crippen molar-refractivity contribution < 1.29 is 0 Å². The van der Waals surface area contributed by atoms with Crippen molar-refractivity contribution in [3.8, 4) is 0 Å². The third-order valence-electron chi connectivity index (χ3n) is 2.40. The average molecular weight is 201 g/mol. The Kier molecular flexibility index (Phi) is 4.29. The van der Waals surface area contributed by atoms with E-state index in [0.717, 1.165) is 6.42 Å². The Labute approximate surface area is 92.6 Å². The molecule has 0 spiro atoms. The van der Waals surface area contributed by atoms with Gasteiger partial charge >= 0.3 is 0 Å². The summed E-state index contributed by atoms with van der Waals surface area (Å²) in [6, 6.07) is 0. The second-order valence-corrected chi connectivity index (χ2v) is 4.11. The van der Waals surface area contributed by atoms with Crippen LogP contribution in [0.4, 0.5) is 0 Å². The van der Waals surface area contributed by atoms with Crippen molar-refractivity contribution in [1.82, 2.24) is 0 Å². The van der Waals surface area contributed by atoms with E-state index in [0.29, 0.717) is 5.92 Å². The lowest BCUT2D eigenvalue weighted by Crippen LogP contribution is -1.93. The van der Waals surface area contributed by atoms with Gasteiger partial charge in [0.05, 0.1) is 0 Å². The maximum absolute atomic E-state index is 3.73. The van der Waals surface area contributed by atoms with Crippen LogP contribution in [0.25, 0.3) is 0 Å². The Morgan fingerprint density at radius 1 is 1.40 bits per heavy atom. The second kappa shape index (κ2) is 5.50. The predicted octanol–water partition coefficient (Wildman–Crippen LogP) is 4.06. The van der Waals surface area contributed by atoms with Crippen molar-refractivity contribution in [2.24, 2.45) is 10.9 Å². The molecular weight excluding hydrogens is 182 g/mol. The Morgan fingerprint density at radius 2 is 2.13 bits per heavy atom. The molecule has 1 aliphatic carbocycles. The van der Waals surface area contributed by atoms with Crippen molar-refractivity contribution in [3.05, 3.63) is 47.2 Å². The maximum Gasteiger partial charge on any atom is 0.0266 e. The van der Waals surface area contributed by atoms with Gasteiger partial charge in [0.15, 0.2) is 0 Å². The number of hydrogen-bond donors (Lipinski definition) is 0. The second-order valence-electron chi connectivity index (χ2n) is 4.11.